The maximum Gasteiger partial charge on any atom is 0.240 e. The van der Waals surface area contributed by atoms with Crippen LogP contribution in [0.3, 0.4) is 0 Å². The number of sulfonamides is 1. The van der Waals surface area contributed by atoms with Crippen molar-refractivity contribution in [2.75, 3.05) is 12.4 Å². The Balaban J connectivity index is 1.86. The van der Waals surface area contributed by atoms with E-state index in [1.165, 1.54) is 12.8 Å². The first-order valence-corrected chi connectivity index (χ1v) is 8.78. The summed E-state index contributed by atoms with van der Waals surface area (Å²) in [5, 5.41) is 0. The summed E-state index contributed by atoms with van der Waals surface area (Å²) in [4.78, 5) is 0.331. The van der Waals surface area contributed by atoms with Gasteiger partial charge in [0.05, 0.1) is 4.90 Å². The minimum atomic E-state index is -3.35. The van der Waals surface area contributed by atoms with Crippen molar-refractivity contribution in [2.24, 2.45) is 5.92 Å². The molecule has 0 aromatic heterocycles. The molecule has 0 radical (unpaired) electrons. The molecule has 1 fully saturated rings. The van der Waals surface area contributed by atoms with Gasteiger partial charge in [-0.25, -0.2) is 13.1 Å². The predicted octanol–water partition coefficient (Wildman–Crippen LogP) is 2.94. The van der Waals surface area contributed by atoms with Crippen molar-refractivity contribution in [1.82, 2.24) is 4.72 Å². The fraction of sp³-hybridized carbons (Fsp3) is 0.571. The maximum atomic E-state index is 12.0. The van der Waals surface area contributed by atoms with Gasteiger partial charge in [0.15, 0.2) is 0 Å². The van der Waals surface area contributed by atoms with Gasteiger partial charge in [-0.2, -0.15) is 0 Å². The molecule has 19 heavy (non-hydrogen) atoms. The number of benzene rings is 1. The molecule has 106 valence electrons. The van der Waals surface area contributed by atoms with E-state index >= 15 is 0 Å². The maximum absolute atomic E-state index is 12.0. The molecule has 1 aromatic rings. The first-order valence-electron chi connectivity index (χ1n) is 6.76. The van der Waals surface area contributed by atoms with Crippen molar-refractivity contribution >= 4 is 21.6 Å². The molecule has 0 unspecified atom stereocenters. The number of aryl methyl sites for hydroxylation is 1. The zero-order valence-corrected chi connectivity index (χ0v) is 12.5. The van der Waals surface area contributed by atoms with Crippen molar-refractivity contribution in [3.63, 3.8) is 0 Å². The van der Waals surface area contributed by atoms with Crippen LogP contribution in [0.15, 0.2) is 29.2 Å². The van der Waals surface area contributed by atoms with Crippen LogP contribution in [0.25, 0.3) is 0 Å². The molecule has 0 amide bonds. The smallest absolute Gasteiger partial charge is 0.211 e. The van der Waals surface area contributed by atoms with E-state index in [4.69, 9.17) is 11.6 Å². The van der Waals surface area contributed by atoms with Crippen molar-refractivity contribution in [1.29, 1.82) is 0 Å². The lowest BCUT2D eigenvalue weighted by molar-refractivity contribution is 0.572. The molecule has 1 saturated carbocycles. The first kappa shape index (κ1) is 14.8. The molecular formula is C14H20ClNO2S. The molecule has 1 N–H and O–H groups in total. The SMILES string of the molecule is O=S(=O)(NCCCC1CC1)c1ccc(CCCl)cc1. The molecular weight excluding hydrogens is 282 g/mol. The highest BCUT2D eigenvalue weighted by atomic mass is 35.5. The third-order valence-corrected chi connectivity index (χ3v) is 5.06. The summed E-state index contributed by atoms with van der Waals surface area (Å²) < 4.78 is 26.7. The number of nitrogens with one attached hydrogen (secondary N) is 1. The highest BCUT2D eigenvalue weighted by Crippen LogP contribution is 2.33. The summed E-state index contributed by atoms with van der Waals surface area (Å²) >= 11 is 5.65. The van der Waals surface area contributed by atoms with Gasteiger partial charge in [0.25, 0.3) is 0 Å². The largest absolute Gasteiger partial charge is 0.240 e. The molecule has 0 bridgehead atoms. The fourth-order valence-corrected chi connectivity index (χ4v) is 3.32. The normalized spacial score (nSPS) is 15.6. The number of hydrogen-bond donors (Lipinski definition) is 1. The highest BCUT2D eigenvalue weighted by Gasteiger charge is 2.20. The van der Waals surface area contributed by atoms with Crippen LogP contribution < -0.4 is 4.72 Å². The standard InChI is InChI=1S/C14H20ClNO2S/c15-10-9-13-5-7-14(8-6-13)19(17,18)16-11-1-2-12-3-4-12/h5-8,12,16H,1-4,9-11H2. The van der Waals surface area contributed by atoms with Gasteiger partial charge in [-0.05, 0) is 42.9 Å². The molecule has 0 spiro atoms. The molecule has 2 rings (SSSR count). The average molecular weight is 302 g/mol. The Bertz CT molecular complexity index is 495. The Morgan fingerprint density at radius 1 is 1.21 bits per heavy atom. The topological polar surface area (TPSA) is 46.2 Å². The Morgan fingerprint density at radius 3 is 2.47 bits per heavy atom. The zero-order valence-electron chi connectivity index (χ0n) is 10.9. The van der Waals surface area contributed by atoms with E-state index in [9.17, 15) is 8.42 Å². The van der Waals surface area contributed by atoms with Crippen molar-refractivity contribution in [2.45, 2.75) is 37.0 Å². The van der Waals surface area contributed by atoms with Crippen LogP contribution in [-0.2, 0) is 16.4 Å². The minimum Gasteiger partial charge on any atom is -0.211 e. The molecule has 1 aliphatic rings. The van der Waals surface area contributed by atoms with E-state index in [-0.39, 0.29) is 0 Å². The van der Waals surface area contributed by atoms with Gasteiger partial charge < -0.3 is 0 Å². The van der Waals surface area contributed by atoms with E-state index in [0.29, 0.717) is 17.3 Å². The van der Waals surface area contributed by atoms with Crippen LogP contribution >= 0.6 is 11.6 Å². The Morgan fingerprint density at radius 2 is 1.89 bits per heavy atom. The highest BCUT2D eigenvalue weighted by molar-refractivity contribution is 7.89. The van der Waals surface area contributed by atoms with Gasteiger partial charge >= 0.3 is 0 Å². The molecule has 0 saturated heterocycles. The van der Waals surface area contributed by atoms with Crippen LogP contribution in [0.2, 0.25) is 0 Å². The molecule has 0 atom stereocenters. The number of halogens is 1. The van der Waals surface area contributed by atoms with E-state index < -0.39 is 10.0 Å². The Kier molecular flexibility index (Phi) is 5.25. The number of alkyl halides is 1. The van der Waals surface area contributed by atoms with Crippen molar-refractivity contribution in [3.8, 4) is 0 Å². The molecule has 1 aromatic carbocycles. The summed E-state index contributed by atoms with van der Waals surface area (Å²) in [7, 11) is -3.35. The van der Waals surface area contributed by atoms with Gasteiger partial charge in [0.1, 0.15) is 0 Å². The Hall–Kier alpha value is -0.580. The molecule has 0 heterocycles. The zero-order chi connectivity index (χ0) is 13.7. The lowest BCUT2D eigenvalue weighted by Crippen LogP contribution is -2.24. The van der Waals surface area contributed by atoms with Crippen LogP contribution in [-0.4, -0.2) is 20.8 Å². The number of rotatable bonds is 8. The summed E-state index contributed by atoms with van der Waals surface area (Å²) in [5.74, 6) is 1.39. The van der Waals surface area contributed by atoms with E-state index in [2.05, 4.69) is 4.72 Å². The van der Waals surface area contributed by atoms with Crippen LogP contribution in [0.1, 0.15) is 31.2 Å². The molecule has 0 aliphatic heterocycles. The van der Waals surface area contributed by atoms with Gasteiger partial charge in [-0.3, -0.25) is 0 Å². The fourth-order valence-electron chi connectivity index (χ4n) is 2.03. The van der Waals surface area contributed by atoms with E-state index in [1.807, 2.05) is 12.1 Å². The predicted molar refractivity (Wildman–Crippen MR) is 78.0 cm³/mol. The van der Waals surface area contributed by atoms with E-state index in [1.54, 1.807) is 12.1 Å². The first-order chi connectivity index (χ1) is 9.12. The Labute approximate surface area is 120 Å². The quantitative estimate of drug-likeness (QED) is 0.593. The van der Waals surface area contributed by atoms with Crippen LogP contribution in [0.5, 0.6) is 0 Å². The summed E-state index contributed by atoms with van der Waals surface area (Å²) in [6, 6.07) is 6.93. The second-order valence-electron chi connectivity index (χ2n) is 5.07. The third kappa shape index (κ3) is 4.79. The van der Waals surface area contributed by atoms with E-state index in [0.717, 1.165) is 30.7 Å². The summed E-state index contributed by atoms with van der Waals surface area (Å²) in [6.07, 6.45) is 5.45. The van der Waals surface area contributed by atoms with Gasteiger partial charge in [0.2, 0.25) is 10.0 Å². The number of hydrogen-bond acceptors (Lipinski definition) is 2. The minimum absolute atomic E-state index is 0.331. The van der Waals surface area contributed by atoms with Gasteiger partial charge in [-0.1, -0.05) is 25.0 Å². The lowest BCUT2D eigenvalue weighted by Gasteiger charge is -2.07. The third-order valence-electron chi connectivity index (χ3n) is 3.39. The molecule has 1 aliphatic carbocycles. The summed E-state index contributed by atoms with van der Waals surface area (Å²) in [5.41, 5.74) is 1.06. The molecule has 3 nitrogen and oxygen atoms in total. The average Bonchev–Trinajstić information content (AvgIpc) is 3.20. The van der Waals surface area contributed by atoms with Gasteiger partial charge in [-0.15, -0.1) is 11.6 Å². The second kappa shape index (κ2) is 6.73. The van der Waals surface area contributed by atoms with Crippen LogP contribution in [0.4, 0.5) is 0 Å². The molecule has 5 heteroatoms. The van der Waals surface area contributed by atoms with Crippen LogP contribution in [0, 0.1) is 5.92 Å². The van der Waals surface area contributed by atoms with Gasteiger partial charge in [0, 0.05) is 12.4 Å². The monoisotopic (exact) mass is 301 g/mol. The van der Waals surface area contributed by atoms with Crippen molar-refractivity contribution < 1.29 is 8.42 Å². The second-order valence-corrected chi connectivity index (χ2v) is 7.21. The summed E-state index contributed by atoms with van der Waals surface area (Å²) in [6.45, 7) is 0.530. The van der Waals surface area contributed by atoms with Crippen molar-refractivity contribution in [3.05, 3.63) is 29.8 Å². The lowest BCUT2D eigenvalue weighted by atomic mass is 10.2.